The lowest BCUT2D eigenvalue weighted by Crippen LogP contribution is -2.46. The van der Waals surface area contributed by atoms with Crippen molar-refractivity contribution in [1.82, 2.24) is 20.5 Å². The molecule has 1 unspecified atom stereocenters. The molecule has 0 spiro atoms. The summed E-state index contributed by atoms with van der Waals surface area (Å²) in [5.74, 6) is 0.805. The Kier molecular flexibility index (Phi) is 7.82. The van der Waals surface area contributed by atoms with Gasteiger partial charge < -0.3 is 15.4 Å². The molecule has 1 atom stereocenters. The quantitative estimate of drug-likeness (QED) is 0.552. The molecule has 1 saturated heterocycles. The summed E-state index contributed by atoms with van der Waals surface area (Å²) in [5, 5.41) is 7.98. The van der Waals surface area contributed by atoms with Crippen LogP contribution in [0.1, 0.15) is 34.0 Å². The highest BCUT2D eigenvalue weighted by atomic mass is 32.1. The molecule has 2 N–H and O–H groups in total. The Morgan fingerprint density at radius 2 is 2.14 bits per heavy atom. The van der Waals surface area contributed by atoms with Crippen LogP contribution in [0, 0.1) is 6.92 Å². The number of morpholine rings is 1. The van der Waals surface area contributed by atoms with Gasteiger partial charge in [-0.3, -0.25) is 9.89 Å². The summed E-state index contributed by atoms with van der Waals surface area (Å²) >= 11 is 1.75. The number of nitrogens with one attached hydrogen (secondary N) is 2. The molecule has 2 heterocycles. The van der Waals surface area contributed by atoms with Crippen molar-refractivity contribution in [1.29, 1.82) is 0 Å². The highest BCUT2D eigenvalue weighted by Gasteiger charge is 2.23. The smallest absolute Gasteiger partial charge is 0.191 e. The molecule has 1 aromatic heterocycles. The van der Waals surface area contributed by atoms with E-state index in [2.05, 4.69) is 63.6 Å². The fraction of sp³-hybridized carbons (Fsp3) is 0.524. The van der Waals surface area contributed by atoms with Gasteiger partial charge in [0.25, 0.3) is 0 Å². The molecule has 1 aromatic carbocycles. The normalized spacial score (nSPS) is 16.8. The van der Waals surface area contributed by atoms with Gasteiger partial charge in [-0.2, -0.15) is 0 Å². The lowest BCUT2D eigenvalue weighted by molar-refractivity contribution is 0.0170. The van der Waals surface area contributed by atoms with Crippen molar-refractivity contribution in [3.8, 4) is 0 Å². The average molecular weight is 402 g/mol. The zero-order valence-corrected chi connectivity index (χ0v) is 17.9. The van der Waals surface area contributed by atoms with Gasteiger partial charge in [0.2, 0.25) is 0 Å². The van der Waals surface area contributed by atoms with Gasteiger partial charge in [0.15, 0.2) is 5.96 Å². The Balaban J connectivity index is 1.62. The number of aliphatic imine (C=N–C) groups is 1. The molecule has 7 heteroatoms. The predicted octanol–water partition coefficient (Wildman–Crippen LogP) is 2.75. The Labute approximate surface area is 172 Å². The molecule has 0 aliphatic carbocycles. The van der Waals surface area contributed by atoms with Crippen molar-refractivity contribution < 1.29 is 4.74 Å². The minimum absolute atomic E-state index is 0.286. The first-order valence-corrected chi connectivity index (χ1v) is 10.8. The van der Waals surface area contributed by atoms with Crippen LogP contribution in [0.25, 0.3) is 0 Å². The van der Waals surface area contributed by atoms with E-state index in [0.29, 0.717) is 6.54 Å². The van der Waals surface area contributed by atoms with E-state index < -0.39 is 0 Å². The van der Waals surface area contributed by atoms with Crippen LogP contribution in [0.5, 0.6) is 0 Å². The second-order valence-electron chi connectivity index (χ2n) is 6.96. The van der Waals surface area contributed by atoms with Gasteiger partial charge in [-0.15, -0.1) is 11.3 Å². The number of hydrogen-bond acceptors (Lipinski definition) is 5. The maximum absolute atomic E-state index is 5.55. The maximum atomic E-state index is 5.55. The second kappa shape index (κ2) is 10.5. The highest BCUT2D eigenvalue weighted by molar-refractivity contribution is 7.11. The van der Waals surface area contributed by atoms with Gasteiger partial charge in [-0.1, -0.05) is 36.8 Å². The molecular weight excluding hydrogens is 370 g/mol. The van der Waals surface area contributed by atoms with Crippen molar-refractivity contribution >= 4 is 17.3 Å². The molecule has 2 aromatic rings. The molecule has 152 valence electrons. The van der Waals surface area contributed by atoms with Crippen LogP contribution in [0.2, 0.25) is 0 Å². The number of thiazole rings is 1. The number of benzene rings is 1. The van der Waals surface area contributed by atoms with Gasteiger partial charge in [0.05, 0.1) is 25.8 Å². The molecule has 0 amide bonds. The fourth-order valence-electron chi connectivity index (χ4n) is 3.39. The number of rotatable bonds is 7. The summed E-state index contributed by atoms with van der Waals surface area (Å²) in [6, 6.07) is 9.06. The number of guanidine groups is 1. The fourth-order valence-corrected chi connectivity index (χ4v) is 4.19. The third-order valence-electron chi connectivity index (χ3n) is 4.96. The van der Waals surface area contributed by atoms with Crippen LogP contribution in [0.15, 0.2) is 35.5 Å². The minimum Gasteiger partial charge on any atom is -0.379 e. The van der Waals surface area contributed by atoms with E-state index in [4.69, 9.17) is 4.74 Å². The lowest BCUT2D eigenvalue weighted by Gasteiger charge is -2.35. The summed E-state index contributed by atoms with van der Waals surface area (Å²) in [5.41, 5.74) is 2.62. The van der Waals surface area contributed by atoms with Gasteiger partial charge >= 0.3 is 0 Å². The molecule has 0 radical (unpaired) electrons. The van der Waals surface area contributed by atoms with E-state index in [1.165, 1.54) is 16.0 Å². The SMILES string of the molecule is CCc1cnc(CNC(=NC)NCC(c2cccc(C)c2)N2CCOCC2)s1. The number of hydrogen-bond donors (Lipinski definition) is 2. The average Bonchev–Trinajstić information content (AvgIpc) is 3.19. The number of aromatic nitrogens is 1. The Hall–Kier alpha value is -1.96. The van der Waals surface area contributed by atoms with Crippen molar-refractivity contribution in [2.75, 3.05) is 39.9 Å². The zero-order valence-electron chi connectivity index (χ0n) is 17.1. The van der Waals surface area contributed by atoms with Crippen LogP contribution in [-0.2, 0) is 17.7 Å². The summed E-state index contributed by atoms with van der Waals surface area (Å²) in [4.78, 5) is 12.7. The van der Waals surface area contributed by atoms with Crippen molar-refractivity contribution in [3.63, 3.8) is 0 Å². The first-order chi connectivity index (χ1) is 13.7. The van der Waals surface area contributed by atoms with Gasteiger partial charge in [0, 0.05) is 37.8 Å². The first kappa shape index (κ1) is 20.8. The van der Waals surface area contributed by atoms with Crippen LogP contribution in [0.4, 0.5) is 0 Å². The number of ether oxygens (including phenoxy) is 1. The number of nitrogens with zero attached hydrogens (tertiary/aromatic N) is 3. The van der Waals surface area contributed by atoms with E-state index in [0.717, 1.165) is 50.2 Å². The molecule has 1 fully saturated rings. The Morgan fingerprint density at radius 1 is 1.32 bits per heavy atom. The Bertz CT molecular complexity index is 770. The van der Waals surface area contributed by atoms with E-state index >= 15 is 0 Å². The predicted molar refractivity (Wildman–Crippen MR) is 116 cm³/mol. The van der Waals surface area contributed by atoms with Crippen LogP contribution >= 0.6 is 11.3 Å². The molecular formula is C21H31N5OS. The van der Waals surface area contributed by atoms with Crippen molar-refractivity contribution in [2.24, 2.45) is 4.99 Å². The van der Waals surface area contributed by atoms with E-state index in [-0.39, 0.29) is 6.04 Å². The second-order valence-corrected chi connectivity index (χ2v) is 8.16. The summed E-state index contributed by atoms with van der Waals surface area (Å²) in [6.45, 7) is 9.27. The molecule has 0 saturated carbocycles. The van der Waals surface area contributed by atoms with Crippen LogP contribution in [-0.4, -0.2) is 55.7 Å². The third kappa shape index (κ3) is 5.77. The van der Waals surface area contributed by atoms with Crippen molar-refractivity contribution in [2.45, 2.75) is 32.9 Å². The van der Waals surface area contributed by atoms with Crippen LogP contribution in [0.3, 0.4) is 0 Å². The minimum atomic E-state index is 0.286. The van der Waals surface area contributed by atoms with E-state index in [1.807, 2.05) is 13.2 Å². The van der Waals surface area contributed by atoms with Gasteiger partial charge in [-0.25, -0.2) is 4.98 Å². The monoisotopic (exact) mass is 401 g/mol. The van der Waals surface area contributed by atoms with E-state index in [1.54, 1.807) is 11.3 Å². The van der Waals surface area contributed by atoms with Crippen LogP contribution < -0.4 is 10.6 Å². The summed E-state index contributed by atoms with van der Waals surface area (Å²) in [6.07, 6.45) is 2.99. The highest BCUT2D eigenvalue weighted by Crippen LogP contribution is 2.22. The zero-order chi connectivity index (χ0) is 19.8. The Morgan fingerprint density at radius 3 is 2.82 bits per heavy atom. The largest absolute Gasteiger partial charge is 0.379 e. The number of aryl methyl sites for hydroxylation is 2. The maximum Gasteiger partial charge on any atom is 0.191 e. The summed E-state index contributed by atoms with van der Waals surface area (Å²) in [7, 11) is 1.81. The topological polar surface area (TPSA) is 61.8 Å². The third-order valence-corrected chi connectivity index (χ3v) is 6.10. The molecule has 1 aliphatic heterocycles. The van der Waals surface area contributed by atoms with E-state index in [9.17, 15) is 0 Å². The van der Waals surface area contributed by atoms with Crippen molar-refractivity contribution in [3.05, 3.63) is 51.5 Å². The molecule has 1 aliphatic rings. The first-order valence-electron chi connectivity index (χ1n) is 9.96. The van der Waals surface area contributed by atoms with Gasteiger partial charge in [0.1, 0.15) is 5.01 Å². The molecule has 6 nitrogen and oxygen atoms in total. The summed E-state index contributed by atoms with van der Waals surface area (Å²) < 4.78 is 5.55. The molecule has 3 rings (SSSR count). The van der Waals surface area contributed by atoms with Gasteiger partial charge in [-0.05, 0) is 18.9 Å². The lowest BCUT2D eigenvalue weighted by atomic mass is 10.0. The molecule has 28 heavy (non-hydrogen) atoms. The standard InChI is InChI=1S/C21H31N5OS/c1-4-18-13-23-20(28-18)15-25-21(22-3)24-14-19(26-8-10-27-11-9-26)17-7-5-6-16(2)12-17/h5-7,12-13,19H,4,8-11,14-15H2,1-3H3,(H2,22,24,25). The molecule has 0 bridgehead atoms.